The molecular formula is C26H37NO9. The molecule has 1 spiro atoms. The zero-order valence-electron chi connectivity index (χ0n) is 21.5. The number of carbonyl (C=O) groups excluding carboxylic acids is 2. The van der Waals surface area contributed by atoms with Crippen molar-refractivity contribution < 1.29 is 43.2 Å². The largest absolute Gasteiger partial charge is 0.462 e. The Kier molecular flexibility index (Phi) is 4.90. The number of hydrogen-bond acceptors (Lipinski definition) is 10. The third-order valence-corrected chi connectivity index (χ3v) is 11.5. The maximum absolute atomic E-state index is 12.7. The second-order valence-corrected chi connectivity index (χ2v) is 12.3. The quantitative estimate of drug-likeness (QED) is 0.411. The molecule has 5 bridgehead atoms. The number of aliphatic hydroxyl groups is 1. The van der Waals surface area contributed by atoms with Crippen LogP contribution in [0.4, 0.5) is 0 Å². The van der Waals surface area contributed by atoms with Crippen LogP contribution < -0.4 is 0 Å². The van der Waals surface area contributed by atoms with Crippen LogP contribution in [0.2, 0.25) is 0 Å². The van der Waals surface area contributed by atoms with Gasteiger partial charge in [-0.3, -0.25) is 14.4 Å². The molecule has 7 aliphatic rings. The fourth-order valence-corrected chi connectivity index (χ4v) is 10.9. The topological polar surface area (TPSA) is 116 Å². The van der Waals surface area contributed by atoms with Gasteiger partial charge in [0.2, 0.25) is 0 Å². The smallest absolute Gasteiger partial charge is 0.303 e. The molecule has 15 atom stereocenters. The van der Waals surface area contributed by atoms with Gasteiger partial charge in [0.15, 0.2) is 6.23 Å². The van der Waals surface area contributed by atoms with Crippen molar-refractivity contribution in [3.63, 3.8) is 0 Å². The first-order valence-electron chi connectivity index (χ1n) is 13.3. The van der Waals surface area contributed by atoms with Crippen molar-refractivity contribution in [2.24, 2.45) is 40.4 Å². The number of methoxy groups -OCH3 is 3. The Morgan fingerprint density at radius 2 is 1.81 bits per heavy atom. The molecule has 200 valence electrons. The van der Waals surface area contributed by atoms with Crippen LogP contribution in [0, 0.1) is 40.4 Å². The molecule has 7 rings (SSSR count). The van der Waals surface area contributed by atoms with E-state index in [9.17, 15) is 14.7 Å². The lowest BCUT2D eigenvalue weighted by Gasteiger charge is -2.72. The molecule has 7 fully saturated rings. The van der Waals surface area contributed by atoms with E-state index in [1.165, 1.54) is 13.8 Å². The van der Waals surface area contributed by atoms with E-state index in [2.05, 4.69) is 5.06 Å². The summed E-state index contributed by atoms with van der Waals surface area (Å²) in [5.41, 5.74) is -1.80. The van der Waals surface area contributed by atoms with Crippen molar-refractivity contribution in [2.75, 3.05) is 27.9 Å². The third-order valence-electron chi connectivity index (χ3n) is 11.5. The lowest BCUT2D eigenvalue weighted by Crippen LogP contribution is -2.78. The van der Waals surface area contributed by atoms with E-state index < -0.39 is 11.0 Å². The second kappa shape index (κ2) is 7.42. The van der Waals surface area contributed by atoms with Crippen molar-refractivity contribution >= 4 is 11.9 Å². The number of rotatable bonds is 6. The molecule has 10 nitrogen and oxygen atoms in total. The Labute approximate surface area is 210 Å². The summed E-state index contributed by atoms with van der Waals surface area (Å²) in [7, 11) is 5.04. The first-order valence-corrected chi connectivity index (χ1v) is 13.3. The summed E-state index contributed by atoms with van der Waals surface area (Å²) < 4.78 is 29.8. The Hall–Kier alpha value is -1.30. The van der Waals surface area contributed by atoms with E-state index in [0.717, 1.165) is 19.3 Å². The van der Waals surface area contributed by atoms with Crippen LogP contribution in [-0.2, 0) is 38.1 Å². The molecule has 2 heterocycles. The molecule has 2 saturated heterocycles. The third kappa shape index (κ3) is 2.45. The van der Waals surface area contributed by atoms with Gasteiger partial charge in [-0.25, -0.2) is 0 Å². The van der Waals surface area contributed by atoms with Crippen LogP contribution in [0.5, 0.6) is 0 Å². The summed E-state index contributed by atoms with van der Waals surface area (Å²) in [6.07, 6.45) is 1.23. The fourth-order valence-electron chi connectivity index (χ4n) is 10.9. The average molecular weight is 508 g/mol. The predicted molar refractivity (Wildman–Crippen MR) is 121 cm³/mol. The van der Waals surface area contributed by atoms with Gasteiger partial charge in [0, 0.05) is 59.4 Å². The molecule has 0 amide bonds. The minimum absolute atomic E-state index is 0.000505. The van der Waals surface area contributed by atoms with Crippen molar-refractivity contribution in [1.82, 2.24) is 5.06 Å². The molecule has 10 heteroatoms. The number of hydrogen-bond donors (Lipinski definition) is 1. The van der Waals surface area contributed by atoms with Gasteiger partial charge >= 0.3 is 11.9 Å². The number of nitrogens with zero attached hydrogens (tertiary/aromatic N) is 1. The average Bonchev–Trinajstić information content (AvgIpc) is 3.54. The highest BCUT2D eigenvalue weighted by Gasteiger charge is 2.91. The van der Waals surface area contributed by atoms with Gasteiger partial charge in [-0.15, -0.1) is 0 Å². The van der Waals surface area contributed by atoms with Crippen LogP contribution in [-0.4, -0.2) is 92.3 Å². The van der Waals surface area contributed by atoms with Gasteiger partial charge in [0.1, 0.15) is 12.2 Å². The molecule has 5 aliphatic carbocycles. The summed E-state index contributed by atoms with van der Waals surface area (Å²) >= 11 is 0. The van der Waals surface area contributed by atoms with E-state index in [1.807, 2.05) is 0 Å². The SMILES string of the molecule is COC[C@@]12C(OC(C)=O)CC[C@@]34[C@@H]5CC6[C@@H](OC(C)=O)[C@H](OC)C[C@](O)([C@@H]([C@H](OC)[C@H]13)[C@H]4N1OC12)[C@@H]65. The van der Waals surface area contributed by atoms with Gasteiger partial charge in [-0.1, -0.05) is 0 Å². The van der Waals surface area contributed by atoms with Crippen LogP contribution in [0.15, 0.2) is 0 Å². The normalized spacial score (nSPS) is 58.7. The Morgan fingerprint density at radius 1 is 1.06 bits per heavy atom. The van der Waals surface area contributed by atoms with Crippen LogP contribution in [0.3, 0.4) is 0 Å². The van der Waals surface area contributed by atoms with Gasteiger partial charge < -0.3 is 28.8 Å². The Balaban J connectivity index is 1.38. The predicted octanol–water partition coefficient (Wildman–Crippen LogP) is 0.895. The second-order valence-electron chi connectivity index (χ2n) is 12.3. The molecular weight excluding hydrogens is 470 g/mol. The molecule has 0 aromatic heterocycles. The first kappa shape index (κ1) is 23.8. The standard InChI is InChI=1S/C26H37NO9/c1-11(28)34-16-6-7-24-14-8-13-17(14)26(30,9-15(32-4)19(13)35-12(2)29)18-20(33-5)21(24)25(16,10-31-3)23-27(36-23)22(18)24/h13-23,30H,6-10H2,1-5H3/t13?,14-,15-,16?,17+,18+,19-,20+,21+,22-,23?,24-,25-,26-,27?/m1/s1. The minimum atomic E-state index is -1.05. The van der Waals surface area contributed by atoms with Gasteiger partial charge in [-0.05, 0) is 36.5 Å². The number of fused-ring (bicyclic) bond motifs is 3. The summed E-state index contributed by atoms with van der Waals surface area (Å²) in [5, 5.41) is 14.7. The molecule has 5 saturated carbocycles. The minimum Gasteiger partial charge on any atom is -0.462 e. The van der Waals surface area contributed by atoms with Crippen LogP contribution in [0.25, 0.3) is 0 Å². The van der Waals surface area contributed by atoms with E-state index >= 15 is 0 Å². The highest BCUT2D eigenvalue weighted by Crippen LogP contribution is 2.83. The maximum Gasteiger partial charge on any atom is 0.303 e. The lowest BCUT2D eigenvalue weighted by molar-refractivity contribution is -0.317. The molecule has 0 radical (unpaired) electrons. The maximum atomic E-state index is 12.7. The monoisotopic (exact) mass is 507 g/mol. The Bertz CT molecular complexity index is 992. The number of ether oxygens (including phenoxy) is 5. The van der Waals surface area contributed by atoms with Gasteiger partial charge in [0.25, 0.3) is 0 Å². The molecule has 4 unspecified atom stereocenters. The fraction of sp³-hybridized carbons (Fsp3) is 0.923. The van der Waals surface area contributed by atoms with Crippen LogP contribution in [0.1, 0.15) is 39.5 Å². The van der Waals surface area contributed by atoms with Crippen molar-refractivity contribution in [2.45, 2.75) is 81.8 Å². The van der Waals surface area contributed by atoms with E-state index in [0.29, 0.717) is 13.0 Å². The van der Waals surface area contributed by atoms with E-state index in [1.54, 1.807) is 21.3 Å². The zero-order chi connectivity index (χ0) is 25.4. The van der Waals surface area contributed by atoms with Gasteiger partial charge in [-0.2, -0.15) is 5.06 Å². The van der Waals surface area contributed by atoms with Gasteiger partial charge in [0.05, 0.1) is 35.9 Å². The summed E-state index contributed by atoms with van der Waals surface area (Å²) in [6, 6.07) is 0.00990. The van der Waals surface area contributed by atoms with E-state index in [4.69, 9.17) is 28.5 Å². The highest BCUT2D eigenvalue weighted by molar-refractivity contribution is 5.66. The van der Waals surface area contributed by atoms with Crippen molar-refractivity contribution in [3.05, 3.63) is 0 Å². The lowest BCUT2D eigenvalue weighted by atomic mass is 9.35. The number of hydroxylamine groups is 2. The van der Waals surface area contributed by atoms with Crippen molar-refractivity contribution in [3.8, 4) is 0 Å². The zero-order valence-corrected chi connectivity index (χ0v) is 21.5. The number of carbonyl (C=O) groups is 2. The van der Waals surface area contributed by atoms with Crippen molar-refractivity contribution in [1.29, 1.82) is 0 Å². The number of esters is 2. The van der Waals surface area contributed by atoms with E-state index in [-0.39, 0.29) is 83.6 Å². The summed E-state index contributed by atoms with van der Waals surface area (Å²) in [5.74, 6) is -0.589. The molecule has 36 heavy (non-hydrogen) atoms. The Morgan fingerprint density at radius 3 is 2.44 bits per heavy atom. The summed E-state index contributed by atoms with van der Waals surface area (Å²) in [4.78, 5) is 30.5. The number of piperidine rings is 1. The van der Waals surface area contributed by atoms with Crippen LogP contribution >= 0.6 is 0 Å². The first-order chi connectivity index (χ1) is 17.2. The molecule has 2 aliphatic heterocycles. The molecule has 0 aromatic rings. The summed E-state index contributed by atoms with van der Waals surface area (Å²) in [6.45, 7) is 3.27. The molecule has 0 aromatic carbocycles. The highest BCUT2D eigenvalue weighted by atomic mass is 16.8. The molecule has 1 N–H and O–H groups in total.